The van der Waals surface area contributed by atoms with E-state index in [1.54, 1.807) is 6.07 Å². The number of pyridine rings is 1. The molecule has 0 radical (unpaired) electrons. The number of aromatic hydroxyl groups is 1. The standard InChI is InChI=1S/C25H26N2O2S/c1-25(2)14-4-3-10-19-23(25)30-24(26-19)17-8-5-9-18(15-17)29-21-13-12-16-7-6-11-20(28)22(16)27-21/h5-9,11-13,15,19,23,28H,3-4,10,14H2,1-2H3/t19-,23+/m0/s1. The molecule has 1 aliphatic heterocycles. The molecule has 2 aromatic carbocycles. The van der Waals surface area contributed by atoms with E-state index in [1.165, 1.54) is 25.7 Å². The maximum Gasteiger partial charge on any atom is 0.219 e. The van der Waals surface area contributed by atoms with Gasteiger partial charge >= 0.3 is 0 Å². The van der Waals surface area contributed by atoms with Gasteiger partial charge in [0.15, 0.2) is 0 Å². The maximum atomic E-state index is 10.1. The number of aliphatic imine (C=N–C) groups is 1. The lowest BCUT2D eigenvalue weighted by molar-refractivity contribution is 0.315. The van der Waals surface area contributed by atoms with Gasteiger partial charge in [-0.25, -0.2) is 4.98 Å². The number of nitrogens with zero attached hydrogens (tertiary/aromatic N) is 2. The summed E-state index contributed by atoms with van der Waals surface area (Å²) in [5.74, 6) is 1.35. The summed E-state index contributed by atoms with van der Waals surface area (Å²) in [6.07, 6.45) is 5.04. The molecule has 5 rings (SSSR count). The Morgan fingerprint density at radius 1 is 1.07 bits per heavy atom. The Hall–Kier alpha value is -2.53. The molecule has 2 aliphatic rings. The molecule has 2 atom stereocenters. The van der Waals surface area contributed by atoms with Crippen LogP contribution in [-0.4, -0.2) is 26.4 Å². The molecule has 1 saturated carbocycles. The number of fused-ring (bicyclic) bond motifs is 2. The van der Waals surface area contributed by atoms with E-state index in [0.29, 0.717) is 28.1 Å². The largest absolute Gasteiger partial charge is 0.506 e. The zero-order chi connectivity index (χ0) is 20.7. The van der Waals surface area contributed by atoms with Crippen molar-refractivity contribution in [1.29, 1.82) is 0 Å². The smallest absolute Gasteiger partial charge is 0.219 e. The highest BCUT2D eigenvalue weighted by atomic mass is 32.2. The number of ether oxygens (including phenoxy) is 1. The van der Waals surface area contributed by atoms with Gasteiger partial charge in [0.25, 0.3) is 0 Å². The van der Waals surface area contributed by atoms with Crippen molar-refractivity contribution < 1.29 is 9.84 Å². The molecule has 0 saturated heterocycles. The molecule has 154 valence electrons. The van der Waals surface area contributed by atoms with Crippen LogP contribution in [0.15, 0.2) is 59.6 Å². The number of benzene rings is 2. The minimum Gasteiger partial charge on any atom is -0.506 e. The lowest BCUT2D eigenvalue weighted by atomic mass is 9.83. The monoisotopic (exact) mass is 418 g/mol. The summed E-state index contributed by atoms with van der Waals surface area (Å²) in [6.45, 7) is 4.78. The van der Waals surface area contributed by atoms with Crippen LogP contribution in [0.1, 0.15) is 45.1 Å². The van der Waals surface area contributed by atoms with Crippen LogP contribution in [0, 0.1) is 5.41 Å². The van der Waals surface area contributed by atoms with Crippen LogP contribution in [0.3, 0.4) is 0 Å². The number of para-hydroxylation sites is 1. The molecule has 30 heavy (non-hydrogen) atoms. The second kappa shape index (κ2) is 7.62. The zero-order valence-corrected chi connectivity index (χ0v) is 18.2. The number of aromatic nitrogens is 1. The fourth-order valence-corrected chi connectivity index (χ4v) is 6.04. The van der Waals surface area contributed by atoms with Crippen molar-refractivity contribution >= 4 is 27.7 Å². The summed E-state index contributed by atoms with van der Waals surface area (Å²) in [5, 5.41) is 12.6. The number of phenolic OH excluding ortho intramolecular Hbond substituents is 1. The highest BCUT2D eigenvalue weighted by Gasteiger charge is 2.42. The number of rotatable bonds is 3. The lowest BCUT2D eigenvalue weighted by Crippen LogP contribution is -2.32. The normalized spacial score (nSPS) is 22.9. The predicted octanol–water partition coefficient (Wildman–Crippen LogP) is 6.56. The molecule has 1 N–H and O–H groups in total. The predicted molar refractivity (Wildman–Crippen MR) is 124 cm³/mol. The van der Waals surface area contributed by atoms with Crippen LogP contribution in [0.25, 0.3) is 10.9 Å². The van der Waals surface area contributed by atoms with Gasteiger partial charge < -0.3 is 9.84 Å². The number of phenols is 1. The van der Waals surface area contributed by atoms with Crippen molar-refractivity contribution in [1.82, 2.24) is 4.98 Å². The van der Waals surface area contributed by atoms with E-state index >= 15 is 0 Å². The molecule has 0 amide bonds. The van der Waals surface area contributed by atoms with Crippen LogP contribution in [0.2, 0.25) is 0 Å². The van der Waals surface area contributed by atoms with E-state index in [-0.39, 0.29) is 5.75 Å². The number of hydrogen-bond donors (Lipinski definition) is 1. The Bertz CT molecular complexity index is 1130. The second-order valence-corrected chi connectivity index (χ2v) is 10.0. The third kappa shape index (κ3) is 3.67. The van der Waals surface area contributed by atoms with Crippen LogP contribution in [-0.2, 0) is 0 Å². The molecule has 1 aliphatic carbocycles. The maximum absolute atomic E-state index is 10.1. The van der Waals surface area contributed by atoms with Crippen molar-refractivity contribution in [3.63, 3.8) is 0 Å². The van der Waals surface area contributed by atoms with E-state index in [9.17, 15) is 5.11 Å². The zero-order valence-electron chi connectivity index (χ0n) is 17.3. The molecule has 0 unspecified atom stereocenters. The SMILES string of the molecule is CC1(C)CCCC[C@@H]2N=C(c3cccc(Oc4ccc5cccc(O)c5n4)c3)S[C@H]21. The average Bonchev–Trinajstić information content (AvgIpc) is 3.12. The molecule has 3 aromatic rings. The molecule has 2 heterocycles. The van der Waals surface area contributed by atoms with Gasteiger partial charge in [-0.1, -0.05) is 51.0 Å². The second-order valence-electron chi connectivity index (χ2n) is 8.90. The molecule has 1 fully saturated rings. The number of hydrogen-bond acceptors (Lipinski definition) is 5. The van der Waals surface area contributed by atoms with Gasteiger partial charge in [-0.15, -0.1) is 11.8 Å². The molecule has 1 aromatic heterocycles. The van der Waals surface area contributed by atoms with E-state index in [0.717, 1.165) is 21.7 Å². The lowest BCUT2D eigenvalue weighted by Gasteiger charge is -2.31. The summed E-state index contributed by atoms with van der Waals surface area (Å²) in [5.41, 5.74) is 1.96. The Kier molecular flexibility index (Phi) is 4.94. The van der Waals surface area contributed by atoms with Gasteiger partial charge in [0, 0.05) is 22.3 Å². The highest BCUT2D eigenvalue weighted by molar-refractivity contribution is 8.15. The molecular weight excluding hydrogens is 392 g/mol. The van der Waals surface area contributed by atoms with Gasteiger partial charge in [0.05, 0.1) is 11.1 Å². The van der Waals surface area contributed by atoms with Gasteiger partial charge in [0.1, 0.15) is 17.0 Å². The van der Waals surface area contributed by atoms with E-state index < -0.39 is 0 Å². The highest BCUT2D eigenvalue weighted by Crippen LogP contribution is 2.47. The third-order valence-corrected chi connectivity index (χ3v) is 7.96. The average molecular weight is 419 g/mol. The Morgan fingerprint density at radius 2 is 1.93 bits per heavy atom. The Balaban J connectivity index is 1.40. The van der Waals surface area contributed by atoms with Crippen molar-refractivity contribution in [2.45, 2.75) is 50.8 Å². The fourth-order valence-electron chi connectivity index (χ4n) is 4.55. The first-order valence-electron chi connectivity index (χ1n) is 10.6. The molecule has 4 nitrogen and oxygen atoms in total. The van der Waals surface area contributed by atoms with Gasteiger partial charge in [-0.3, -0.25) is 4.99 Å². The van der Waals surface area contributed by atoms with Crippen molar-refractivity contribution in [3.05, 3.63) is 60.2 Å². The molecule has 0 bridgehead atoms. The van der Waals surface area contributed by atoms with Gasteiger partial charge in [-0.2, -0.15) is 0 Å². The molecule has 0 spiro atoms. The first-order chi connectivity index (χ1) is 14.5. The Morgan fingerprint density at radius 3 is 2.83 bits per heavy atom. The topological polar surface area (TPSA) is 54.7 Å². The third-order valence-electron chi connectivity index (χ3n) is 6.19. The van der Waals surface area contributed by atoms with Gasteiger partial charge in [0.2, 0.25) is 5.88 Å². The van der Waals surface area contributed by atoms with E-state index in [4.69, 9.17) is 9.73 Å². The minimum absolute atomic E-state index is 0.157. The fraction of sp³-hybridized carbons (Fsp3) is 0.360. The first-order valence-corrected chi connectivity index (χ1v) is 11.5. The molecular formula is C25H26N2O2S. The Labute approximate surface area is 181 Å². The summed E-state index contributed by atoms with van der Waals surface area (Å²) in [6, 6.07) is 17.6. The van der Waals surface area contributed by atoms with Crippen LogP contribution in [0.4, 0.5) is 0 Å². The summed E-state index contributed by atoms with van der Waals surface area (Å²) in [7, 11) is 0. The summed E-state index contributed by atoms with van der Waals surface area (Å²) in [4.78, 5) is 9.59. The number of thioether (sulfide) groups is 1. The van der Waals surface area contributed by atoms with Crippen molar-refractivity contribution in [2.24, 2.45) is 10.4 Å². The minimum atomic E-state index is 0.157. The van der Waals surface area contributed by atoms with Crippen LogP contribution >= 0.6 is 11.8 Å². The van der Waals surface area contributed by atoms with Gasteiger partial charge in [-0.05, 0) is 42.5 Å². The van der Waals surface area contributed by atoms with E-state index in [2.05, 4.69) is 24.9 Å². The van der Waals surface area contributed by atoms with Crippen LogP contribution < -0.4 is 4.74 Å². The summed E-state index contributed by atoms with van der Waals surface area (Å²) < 4.78 is 6.03. The van der Waals surface area contributed by atoms with Crippen molar-refractivity contribution in [2.75, 3.05) is 0 Å². The van der Waals surface area contributed by atoms with Crippen LogP contribution in [0.5, 0.6) is 17.4 Å². The summed E-state index contributed by atoms with van der Waals surface area (Å²) >= 11 is 1.93. The first kappa shape index (κ1) is 19.4. The van der Waals surface area contributed by atoms with E-state index in [1.807, 2.05) is 54.2 Å². The quantitative estimate of drug-likeness (QED) is 0.523. The molecule has 5 heteroatoms. The van der Waals surface area contributed by atoms with Crippen molar-refractivity contribution in [3.8, 4) is 17.4 Å².